The zero-order valence-electron chi connectivity index (χ0n) is 9.01. The highest BCUT2D eigenvalue weighted by molar-refractivity contribution is 5.29. The van der Waals surface area contributed by atoms with Gasteiger partial charge in [0.2, 0.25) is 0 Å². The van der Waals surface area contributed by atoms with Gasteiger partial charge in [-0.3, -0.25) is 0 Å². The topological polar surface area (TPSA) is 0 Å². The van der Waals surface area contributed by atoms with Crippen LogP contribution in [0, 0.1) is 0 Å². The summed E-state index contributed by atoms with van der Waals surface area (Å²) in [4.78, 5) is 0. The van der Waals surface area contributed by atoms with Crippen molar-refractivity contribution in [3.63, 3.8) is 0 Å². The molecule has 0 aliphatic rings. The van der Waals surface area contributed by atoms with Crippen LogP contribution < -0.4 is 0 Å². The molecular weight excluding hydrogens is 156 g/mol. The fourth-order valence-electron chi connectivity index (χ4n) is 0.940. The van der Waals surface area contributed by atoms with Gasteiger partial charge in [-0.15, -0.1) is 5.73 Å². The second-order valence-electron chi connectivity index (χ2n) is 2.89. The molecule has 72 valence electrons. The monoisotopic (exact) mass is 176 g/mol. The average Bonchev–Trinajstić information content (AvgIpc) is 2.14. The maximum atomic E-state index is 3.19. The molecule has 0 unspecified atom stereocenters. The third-order valence-corrected chi connectivity index (χ3v) is 1.60. The lowest BCUT2D eigenvalue weighted by atomic mass is 10.2. The number of hydrogen-bond acceptors (Lipinski definition) is 0. The highest BCUT2D eigenvalue weighted by Gasteiger charge is 1.81. The van der Waals surface area contributed by atoms with Crippen molar-refractivity contribution >= 4 is 0 Å². The van der Waals surface area contributed by atoms with Crippen LogP contribution in [0.15, 0.2) is 41.7 Å². The molecule has 0 aromatic carbocycles. The molecule has 0 bridgehead atoms. The Labute approximate surface area is 82.4 Å². The van der Waals surface area contributed by atoms with Gasteiger partial charge in [0, 0.05) is 5.57 Å². The molecule has 0 fully saturated rings. The van der Waals surface area contributed by atoms with Crippen LogP contribution in [0.4, 0.5) is 0 Å². The van der Waals surface area contributed by atoms with Crippen LogP contribution in [0.1, 0.15) is 40.0 Å². The molecule has 0 N–H and O–H groups in total. The van der Waals surface area contributed by atoms with Crippen molar-refractivity contribution in [1.82, 2.24) is 0 Å². The van der Waals surface area contributed by atoms with Crippen molar-refractivity contribution in [3.8, 4) is 0 Å². The van der Waals surface area contributed by atoms with Gasteiger partial charge in [0.1, 0.15) is 0 Å². The van der Waals surface area contributed by atoms with E-state index in [2.05, 4.69) is 43.9 Å². The molecule has 0 amide bonds. The van der Waals surface area contributed by atoms with E-state index in [1.807, 2.05) is 13.0 Å². The Balaban J connectivity index is 4.28. The maximum absolute atomic E-state index is 3.19. The standard InChI is InChI=1S/C13H20/c1-4-7-9-12-13(10-6-3)11-8-5-2/h6,8-9,11-12H,4-5,7H2,1-3H3. The van der Waals surface area contributed by atoms with Gasteiger partial charge in [0.15, 0.2) is 0 Å². The molecule has 0 saturated heterocycles. The highest BCUT2D eigenvalue weighted by atomic mass is 13.9. The van der Waals surface area contributed by atoms with E-state index in [-0.39, 0.29) is 0 Å². The predicted octanol–water partition coefficient (Wildman–Crippen LogP) is 4.41. The molecule has 0 atom stereocenters. The van der Waals surface area contributed by atoms with Gasteiger partial charge in [0.05, 0.1) is 0 Å². The third kappa shape index (κ3) is 7.36. The number of unbranched alkanes of at least 4 members (excludes halogenated alkanes) is 1. The second kappa shape index (κ2) is 9.09. The van der Waals surface area contributed by atoms with E-state index >= 15 is 0 Å². The Morgan fingerprint density at radius 2 is 1.85 bits per heavy atom. The molecule has 0 aliphatic carbocycles. The Hall–Kier alpha value is -1.00. The molecular formula is C13H20. The first-order chi connectivity index (χ1) is 6.35. The van der Waals surface area contributed by atoms with Gasteiger partial charge in [-0.25, -0.2) is 0 Å². The van der Waals surface area contributed by atoms with Crippen molar-refractivity contribution in [2.24, 2.45) is 0 Å². The molecule has 0 rings (SSSR count). The van der Waals surface area contributed by atoms with Crippen LogP contribution in [0.2, 0.25) is 0 Å². The summed E-state index contributed by atoms with van der Waals surface area (Å²) in [6, 6.07) is 0. The average molecular weight is 176 g/mol. The summed E-state index contributed by atoms with van der Waals surface area (Å²) in [5.41, 5.74) is 4.36. The summed E-state index contributed by atoms with van der Waals surface area (Å²) >= 11 is 0. The lowest BCUT2D eigenvalue weighted by Crippen LogP contribution is -1.69. The fraction of sp³-hybridized carbons (Fsp3) is 0.462. The molecule has 0 nitrogen and oxygen atoms in total. The van der Waals surface area contributed by atoms with E-state index in [4.69, 9.17) is 0 Å². The Kier molecular flexibility index (Phi) is 8.39. The van der Waals surface area contributed by atoms with Gasteiger partial charge in [-0.1, -0.05) is 44.6 Å². The van der Waals surface area contributed by atoms with Crippen molar-refractivity contribution in [2.45, 2.75) is 40.0 Å². The molecule has 0 aromatic rings. The molecule has 0 radical (unpaired) electrons. The molecule has 0 aliphatic heterocycles. The molecule has 0 saturated carbocycles. The molecule has 0 heterocycles. The summed E-state index contributed by atoms with van der Waals surface area (Å²) in [6.45, 7) is 6.32. The highest BCUT2D eigenvalue weighted by Crippen LogP contribution is 2.00. The lowest BCUT2D eigenvalue weighted by Gasteiger charge is -1.88. The smallest absolute Gasteiger partial charge is 0.0154 e. The number of hydrogen-bond donors (Lipinski definition) is 0. The van der Waals surface area contributed by atoms with Crippen molar-refractivity contribution < 1.29 is 0 Å². The van der Waals surface area contributed by atoms with Crippen LogP contribution in [0.25, 0.3) is 0 Å². The van der Waals surface area contributed by atoms with Crippen LogP contribution >= 0.6 is 0 Å². The molecule has 0 heteroatoms. The van der Waals surface area contributed by atoms with Crippen molar-refractivity contribution in [1.29, 1.82) is 0 Å². The Morgan fingerprint density at radius 1 is 1.15 bits per heavy atom. The fourth-order valence-corrected chi connectivity index (χ4v) is 0.940. The van der Waals surface area contributed by atoms with E-state index in [1.165, 1.54) is 6.42 Å². The van der Waals surface area contributed by atoms with Crippen LogP contribution in [0.5, 0.6) is 0 Å². The Morgan fingerprint density at radius 3 is 2.38 bits per heavy atom. The summed E-state index contributed by atoms with van der Waals surface area (Å²) < 4.78 is 0. The summed E-state index contributed by atoms with van der Waals surface area (Å²) in [5.74, 6) is 0. The van der Waals surface area contributed by atoms with E-state index in [9.17, 15) is 0 Å². The first-order valence-electron chi connectivity index (χ1n) is 5.09. The van der Waals surface area contributed by atoms with Gasteiger partial charge < -0.3 is 0 Å². The first-order valence-corrected chi connectivity index (χ1v) is 5.09. The SMILES string of the molecule is CC=C=C(C=CCC)C=CCCC. The zero-order chi connectivity index (χ0) is 9.94. The van der Waals surface area contributed by atoms with Gasteiger partial charge in [-0.05, 0) is 25.8 Å². The minimum atomic E-state index is 1.08. The number of rotatable bonds is 5. The summed E-state index contributed by atoms with van der Waals surface area (Å²) in [6.07, 6.45) is 14.0. The quantitative estimate of drug-likeness (QED) is 0.430. The Bertz CT molecular complexity index is 222. The van der Waals surface area contributed by atoms with E-state index in [0.717, 1.165) is 18.4 Å². The normalized spacial score (nSPS) is 10.7. The second-order valence-corrected chi connectivity index (χ2v) is 2.89. The third-order valence-electron chi connectivity index (χ3n) is 1.60. The van der Waals surface area contributed by atoms with Crippen molar-refractivity contribution in [3.05, 3.63) is 41.7 Å². The summed E-state index contributed by atoms with van der Waals surface area (Å²) in [7, 11) is 0. The lowest BCUT2D eigenvalue weighted by molar-refractivity contribution is 0.958. The summed E-state index contributed by atoms with van der Waals surface area (Å²) in [5, 5.41) is 0. The van der Waals surface area contributed by atoms with Gasteiger partial charge >= 0.3 is 0 Å². The van der Waals surface area contributed by atoms with E-state index in [0.29, 0.717) is 0 Å². The van der Waals surface area contributed by atoms with Crippen LogP contribution in [0.3, 0.4) is 0 Å². The predicted molar refractivity (Wildman–Crippen MR) is 60.7 cm³/mol. The zero-order valence-corrected chi connectivity index (χ0v) is 9.01. The molecule has 0 aromatic heterocycles. The van der Waals surface area contributed by atoms with Crippen LogP contribution in [-0.4, -0.2) is 0 Å². The minimum Gasteiger partial charge on any atom is -0.118 e. The first kappa shape index (κ1) is 12.0. The van der Waals surface area contributed by atoms with Gasteiger partial charge in [-0.2, -0.15) is 0 Å². The largest absolute Gasteiger partial charge is 0.118 e. The van der Waals surface area contributed by atoms with E-state index < -0.39 is 0 Å². The minimum absolute atomic E-state index is 1.08. The molecule has 13 heavy (non-hydrogen) atoms. The van der Waals surface area contributed by atoms with Crippen molar-refractivity contribution in [2.75, 3.05) is 0 Å². The number of allylic oxidation sites excluding steroid dienone is 5. The molecule has 0 spiro atoms. The van der Waals surface area contributed by atoms with Gasteiger partial charge in [0.25, 0.3) is 0 Å². The van der Waals surface area contributed by atoms with Crippen LogP contribution in [-0.2, 0) is 0 Å². The van der Waals surface area contributed by atoms with E-state index in [1.54, 1.807) is 0 Å². The maximum Gasteiger partial charge on any atom is 0.0154 e.